The molecule has 0 aliphatic carbocycles. The predicted octanol–water partition coefficient (Wildman–Crippen LogP) is 4.56. The van der Waals surface area contributed by atoms with E-state index in [2.05, 4.69) is 15.6 Å². The maximum Gasteiger partial charge on any atom is 0.143 e. The highest BCUT2D eigenvalue weighted by molar-refractivity contribution is 5.91. The fraction of sp³-hybridized carbons (Fsp3) is 0.125. The number of methoxy groups -OCH3 is 1. The van der Waals surface area contributed by atoms with Gasteiger partial charge in [0.2, 0.25) is 0 Å². The van der Waals surface area contributed by atoms with E-state index in [1.165, 1.54) is 6.07 Å². The van der Waals surface area contributed by atoms with Crippen LogP contribution in [0.5, 0.6) is 5.75 Å². The lowest BCUT2D eigenvalue weighted by Gasteiger charge is -2.31. The van der Waals surface area contributed by atoms with Crippen LogP contribution in [0.3, 0.4) is 0 Å². The van der Waals surface area contributed by atoms with Crippen molar-refractivity contribution >= 4 is 34.3 Å². The van der Waals surface area contributed by atoms with Crippen molar-refractivity contribution in [2.75, 3.05) is 17.7 Å². The van der Waals surface area contributed by atoms with Gasteiger partial charge in [-0.1, -0.05) is 12.1 Å². The number of hydrogen-bond acceptors (Lipinski definition) is 5. The normalized spacial score (nSPS) is 15.3. The Morgan fingerprint density at radius 3 is 2.77 bits per heavy atom. The SMILES string of the molecule is COc1cc2c(cc1N)C(N)N(c1ccc3c(ccn3Cc3cccc(F)c3)c1)C=N2. The molecule has 4 aromatic rings. The van der Waals surface area contributed by atoms with Gasteiger partial charge >= 0.3 is 0 Å². The summed E-state index contributed by atoms with van der Waals surface area (Å²) in [6.07, 6.45) is 3.31. The van der Waals surface area contributed by atoms with Crippen molar-refractivity contribution in [1.29, 1.82) is 0 Å². The van der Waals surface area contributed by atoms with Crippen molar-refractivity contribution in [3.8, 4) is 5.75 Å². The zero-order valence-electron chi connectivity index (χ0n) is 17.0. The van der Waals surface area contributed by atoms with Crippen LogP contribution in [0.1, 0.15) is 17.3 Å². The third-order valence-electron chi connectivity index (χ3n) is 5.61. The number of anilines is 2. The fourth-order valence-electron chi connectivity index (χ4n) is 4.02. The van der Waals surface area contributed by atoms with Gasteiger partial charge in [0.25, 0.3) is 0 Å². The zero-order chi connectivity index (χ0) is 21.5. The maximum atomic E-state index is 13.5. The number of aromatic nitrogens is 1. The topological polar surface area (TPSA) is 81.8 Å². The number of rotatable bonds is 4. The first-order valence-electron chi connectivity index (χ1n) is 9.92. The molecule has 0 saturated carbocycles. The molecule has 0 saturated heterocycles. The Kier molecular flexibility index (Phi) is 4.60. The van der Waals surface area contributed by atoms with Crippen molar-refractivity contribution in [2.45, 2.75) is 12.7 Å². The van der Waals surface area contributed by atoms with Crippen molar-refractivity contribution in [2.24, 2.45) is 10.7 Å². The zero-order valence-corrected chi connectivity index (χ0v) is 17.0. The Bertz CT molecular complexity index is 1310. The van der Waals surface area contributed by atoms with Gasteiger partial charge in [0.15, 0.2) is 0 Å². The van der Waals surface area contributed by atoms with Crippen LogP contribution in [0.4, 0.5) is 21.5 Å². The first-order valence-corrected chi connectivity index (χ1v) is 9.92. The number of benzene rings is 3. The number of nitrogens with two attached hydrogens (primary N) is 2. The average molecular weight is 415 g/mol. The van der Waals surface area contributed by atoms with Crippen LogP contribution in [-0.4, -0.2) is 18.0 Å². The molecular formula is C24H22FN5O. The van der Waals surface area contributed by atoms with Gasteiger partial charge in [-0.05, 0) is 48.0 Å². The molecule has 0 radical (unpaired) electrons. The Balaban J connectivity index is 1.46. The van der Waals surface area contributed by atoms with Crippen molar-refractivity contribution in [3.63, 3.8) is 0 Å². The lowest BCUT2D eigenvalue weighted by molar-refractivity contribution is 0.417. The van der Waals surface area contributed by atoms with Crippen LogP contribution in [0.25, 0.3) is 10.9 Å². The summed E-state index contributed by atoms with van der Waals surface area (Å²) in [7, 11) is 1.58. The molecule has 0 spiro atoms. The minimum Gasteiger partial charge on any atom is -0.495 e. The smallest absolute Gasteiger partial charge is 0.143 e. The highest BCUT2D eigenvalue weighted by Gasteiger charge is 2.24. The Morgan fingerprint density at radius 1 is 1.10 bits per heavy atom. The molecule has 7 heteroatoms. The van der Waals surface area contributed by atoms with Crippen LogP contribution in [0, 0.1) is 5.82 Å². The summed E-state index contributed by atoms with van der Waals surface area (Å²) in [6, 6.07) is 18.4. The molecular weight excluding hydrogens is 393 g/mol. The van der Waals surface area contributed by atoms with E-state index in [9.17, 15) is 4.39 Å². The number of hydrogen-bond donors (Lipinski definition) is 2. The van der Waals surface area contributed by atoms with Crippen LogP contribution in [0.15, 0.2) is 71.9 Å². The van der Waals surface area contributed by atoms with Gasteiger partial charge < -0.3 is 25.7 Å². The average Bonchev–Trinajstić information content (AvgIpc) is 3.16. The second-order valence-electron chi connectivity index (χ2n) is 7.57. The fourth-order valence-corrected chi connectivity index (χ4v) is 4.02. The molecule has 0 bridgehead atoms. The minimum absolute atomic E-state index is 0.229. The number of nitrogen functional groups attached to an aromatic ring is 1. The Hall–Kier alpha value is -3.84. The monoisotopic (exact) mass is 415 g/mol. The molecule has 1 aliphatic heterocycles. The first kappa shape index (κ1) is 19.1. The van der Waals surface area contributed by atoms with Gasteiger partial charge in [-0.15, -0.1) is 0 Å². The molecule has 0 amide bonds. The third-order valence-corrected chi connectivity index (χ3v) is 5.61. The molecule has 1 unspecified atom stereocenters. The van der Waals surface area contributed by atoms with Crippen molar-refractivity contribution in [1.82, 2.24) is 4.57 Å². The lowest BCUT2D eigenvalue weighted by atomic mass is 10.1. The Morgan fingerprint density at radius 2 is 1.97 bits per heavy atom. The second kappa shape index (κ2) is 7.45. The van der Waals surface area contributed by atoms with E-state index >= 15 is 0 Å². The highest BCUT2D eigenvalue weighted by Crippen LogP contribution is 2.39. The third kappa shape index (κ3) is 3.39. The first-order chi connectivity index (χ1) is 15.0. The molecule has 5 rings (SSSR count). The summed E-state index contributed by atoms with van der Waals surface area (Å²) in [5, 5.41) is 1.06. The number of nitrogens with zero attached hydrogens (tertiary/aromatic N) is 3. The van der Waals surface area contributed by atoms with Gasteiger partial charge in [0, 0.05) is 41.0 Å². The predicted molar refractivity (Wildman–Crippen MR) is 122 cm³/mol. The standard InChI is InChI=1S/C24H22FN5O/c1-31-23-12-21-19(11-20(23)26)24(27)30(14-28-21)18-5-6-22-16(10-18)7-8-29(22)13-15-3-2-4-17(25)9-15/h2-12,14,24H,13,26-27H2,1H3. The Labute approximate surface area is 179 Å². The molecule has 4 N–H and O–H groups in total. The summed E-state index contributed by atoms with van der Waals surface area (Å²) in [5.41, 5.74) is 17.6. The van der Waals surface area contributed by atoms with E-state index in [1.54, 1.807) is 31.6 Å². The van der Waals surface area contributed by atoms with Gasteiger partial charge in [-0.2, -0.15) is 0 Å². The second-order valence-corrected chi connectivity index (χ2v) is 7.57. The number of halogens is 1. The van der Waals surface area contributed by atoms with Gasteiger partial charge in [-0.25, -0.2) is 9.38 Å². The minimum atomic E-state index is -0.424. The van der Waals surface area contributed by atoms with E-state index in [0.29, 0.717) is 18.0 Å². The maximum absolute atomic E-state index is 13.5. The van der Waals surface area contributed by atoms with Crippen LogP contribution < -0.4 is 21.1 Å². The van der Waals surface area contributed by atoms with Crippen molar-refractivity contribution < 1.29 is 9.13 Å². The van der Waals surface area contributed by atoms with Gasteiger partial charge in [-0.3, -0.25) is 0 Å². The van der Waals surface area contributed by atoms with E-state index < -0.39 is 6.17 Å². The number of fused-ring (bicyclic) bond motifs is 2. The molecule has 1 aliphatic rings. The van der Waals surface area contributed by atoms with Crippen LogP contribution in [0.2, 0.25) is 0 Å². The molecule has 1 aromatic heterocycles. The molecule has 1 atom stereocenters. The van der Waals surface area contributed by atoms with E-state index in [4.69, 9.17) is 16.2 Å². The van der Waals surface area contributed by atoms with E-state index in [-0.39, 0.29) is 5.82 Å². The van der Waals surface area contributed by atoms with Crippen molar-refractivity contribution in [3.05, 3.63) is 83.8 Å². The number of aliphatic imine (C=N–C) groups is 1. The summed E-state index contributed by atoms with van der Waals surface area (Å²) in [5.74, 6) is 0.353. The molecule has 3 aromatic carbocycles. The molecule has 156 valence electrons. The van der Waals surface area contributed by atoms with Crippen LogP contribution in [-0.2, 0) is 6.54 Å². The molecule has 2 heterocycles. The summed E-state index contributed by atoms with van der Waals surface area (Å²) in [4.78, 5) is 6.46. The van der Waals surface area contributed by atoms with E-state index in [1.807, 2.05) is 41.4 Å². The number of ether oxygens (including phenoxy) is 1. The molecule has 0 fully saturated rings. The summed E-state index contributed by atoms with van der Waals surface area (Å²) < 4.78 is 20.9. The molecule has 6 nitrogen and oxygen atoms in total. The lowest BCUT2D eigenvalue weighted by Crippen LogP contribution is -2.35. The highest BCUT2D eigenvalue weighted by atomic mass is 19.1. The van der Waals surface area contributed by atoms with E-state index in [0.717, 1.165) is 33.4 Å². The van der Waals surface area contributed by atoms with Gasteiger partial charge in [0.1, 0.15) is 17.7 Å². The summed E-state index contributed by atoms with van der Waals surface area (Å²) >= 11 is 0. The van der Waals surface area contributed by atoms with Crippen LogP contribution >= 0.6 is 0 Å². The largest absolute Gasteiger partial charge is 0.495 e. The quantitative estimate of drug-likeness (QED) is 0.479. The van der Waals surface area contributed by atoms with Gasteiger partial charge in [0.05, 0.1) is 24.8 Å². The summed E-state index contributed by atoms with van der Waals surface area (Å²) in [6.45, 7) is 0.597. The molecule has 31 heavy (non-hydrogen) atoms.